The molecule has 0 radical (unpaired) electrons. The number of furan rings is 1. The Bertz CT molecular complexity index is 3170. The molecular formula is C45H28BN3O. The molecule has 232 valence electrons. The van der Waals surface area contributed by atoms with Crippen molar-refractivity contribution in [1.82, 2.24) is 9.13 Å². The van der Waals surface area contributed by atoms with Gasteiger partial charge in [0, 0.05) is 59.3 Å². The monoisotopic (exact) mass is 640 g/mol. The first-order valence-electron chi connectivity index (χ1n) is 18.6. The quantitative estimate of drug-likeness (QED) is 0.176. The van der Waals surface area contributed by atoms with E-state index in [1.165, 1.54) is 49.0 Å². The molecule has 3 aromatic heterocycles. The number of benzene rings is 7. The van der Waals surface area contributed by atoms with Crippen LogP contribution in [0.4, 0.5) is 17.1 Å². The first-order chi connectivity index (χ1) is 26.0. The number of hydrogen-bond acceptors (Lipinski definition) is 2. The molecule has 5 heterocycles. The van der Waals surface area contributed by atoms with E-state index >= 15 is 0 Å². The second-order valence-corrected chi connectivity index (χ2v) is 13.5. The lowest BCUT2D eigenvalue weighted by Crippen LogP contribution is -2.59. The van der Waals surface area contributed by atoms with E-state index in [1.54, 1.807) is 12.1 Å². The van der Waals surface area contributed by atoms with Crippen LogP contribution in [-0.4, -0.2) is 15.8 Å². The topological polar surface area (TPSA) is 26.2 Å². The third-order valence-electron chi connectivity index (χ3n) is 11.0. The van der Waals surface area contributed by atoms with E-state index in [9.17, 15) is 0 Å². The summed E-state index contributed by atoms with van der Waals surface area (Å²) >= 11 is 0. The first kappa shape index (κ1) is 23.8. The Morgan fingerprint density at radius 3 is 2.16 bits per heavy atom. The fourth-order valence-electron chi connectivity index (χ4n) is 9.09. The average Bonchev–Trinajstić information content (AvgIpc) is 3.85. The third-order valence-corrected chi connectivity index (χ3v) is 11.0. The summed E-state index contributed by atoms with van der Waals surface area (Å²) in [7, 11) is 0. The summed E-state index contributed by atoms with van der Waals surface area (Å²) in [5.41, 5.74) is 14.3. The highest BCUT2D eigenvalue weighted by molar-refractivity contribution is 7.00. The maximum atomic E-state index is 8.03. The van der Waals surface area contributed by atoms with Crippen LogP contribution in [0.5, 0.6) is 0 Å². The smallest absolute Gasteiger partial charge is 0.297 e. The Hall–Kier alpha value is -6.46. The maximum Gasteiger partial charge on any atom is 0.297 e. The molecule has 5 heteroatoms. The highest BCUT2D eigenvalue weighted by Crippen LogP contribution is 2.46. The van der Waals surface area contributed by atoms with Gasteiger partial charge in [-0.2, -0.15) is 0 Å². The lowest BCUT2D eigenvalue weighted by Gasteiger charge is -2.37. The summed E-state index contributed by atoms with van der Waals surface area (Å²) < 4.78 is 35.9. The molecule has 2 aliphatic rings. The van der Waals surface area contributed by atoms with Crippen molar-refractivity contribution in [3.63, 3.8) is 0 Å². The summed E-state index contributed by atoms with van der Waals surface area (Å²) in [6.45, 7) is -2.34. The molecule has 50 heavy (non-hydrogen) atoms. The summed E-state index contributed by atoms with van der Waals surface area (Å²) in [6, 6.07) is 52.8. The number of hydrogen-bond donors (Lipinski definition) is 0. The Kier molecular flexibility index (Phi) is 4.46. The first-order valence-corrected chi connectivity index (χ1v) is 17.1. The number of fused-ring (bicyclic) bond motifs is 13. The van der Waals surface area contributed by atoms with Crippen molar-refractivity contribution in [2.75, 3.05) is 4.90 Å². The summed E-state index contributed by atoms with van der Waals surface area (Å²) in [5.74, 6) is 0. The van der Waals surface area contributed by atoms with Crippen LogP contribution in [0.25, 0.3) is 66.0 Å². The van der Waals surface area contributed by atoms with Crippen LogP contribution < -0.4 is 21.5 Å². The van der Waals surface area contributed by atoms with Gasteiger partial charge in [0.15, 0.2) is 0 Å². The number of rotatable bonds is 2. The van der Waals surface area contributed by atoms with E-state index in [4.69, 9.17) is 8.53 Å². The van der Waals surface area contributed by atoms with E-state index in [1.807, 2.05) is 24.3 Å². The fraction of sp³-hybridized carbons (Fsp3) is 0.0222. The number of para-hydroxylation sites is 4. The van der Waals surface area contributed by atoms with Gasteiger partial charge in [-0.05, 0) is 78.4 Å². The van der Waals surface area contributed by atoms with Gasteiger partial charge in [0.2, 0.25) is 0 Å². The van der Waals surface area contributed by atoms with Crippen LogP contribution in [0.3, 0.4) is 0 Å². The lowest BCUT2D eigenvalue weighted by molar-refractivity contribution is 0.651. The summed E-state index contributed by atoms with van der Waals surface area (Å²) in [6.07, 6.45) is 0. The van der Waals surface area contributed by atoms with Gasteiger partial charge in [0.25, 0.3) is 6.71 Å². The zero-order valence-electron chi connectivity index (χ0n) is 29.8. The molecule has 7 aromatic carbocycles. The van der Waals surface area contributed by atoms with E-state index in [2.05, 4.69) is 129 Å². The summed E-state index contributed by atoms with van der Waals surface area (Å²) in [4.78, 5) is 2.27. The van der Waals surface area contributed by atoms with Crippen LogP contribution in [0.1, 0.15) is 9.68 Å². The molecule has 0 aliphatic carbocycles. The van der Waals surface area contributed by atoms with Crippen LogP contribution in [0, 0.1) is 6.85 Å². The average molecular weight is 641 g/mol. The molecule has 0 bridgehead atoms. The Labute approximate surface area is 292 Å². The molecule has 2 aliphatic heterocycles. The van der Waals surface area contributed by atoms with E-state index in [-0.39, 0.29) is 6.71 Å². The second-order valence-electron chi connectivity index (χ2n) is 13.5. The van der Waals surface area contributed by atoms with Gasteiger partial charge in [-0.15, -0.1) is 0 Å². The summed E-state index contributed by atoms with van der Waals surface area (Å²) in [5, 5.41) is 5.88. The van der Waals surface area contributed by atoms with Crippen molar-refractivity contribution in [3.05, 3.63) is 157 Å². The normalized spacial score (nSPS) is 14.4. The highest BCUT2D eigenvalue weighted by atomic mass is 16.3. The molecule has 10 aromatic rings. The zero-order valence-corrected chi connectivity index (χ0v) is 26.8. The molecule has 0 N–H and O–H groups in total. The molecule has 4 nitrogen and oxygen atoms in total. The van der Waals surface area contributed by atoms with Gasteiger partial charge >= 0.3 is 0 Å². The second kappa shape index (κ2) is 9.37. The van der Waals surface area contributed by atoms with Crippen molar-refractivity contribution in [2.24, 2.45) is 0 Å². The predicted octanol–water partition coefficient (Wildman–Crippen LogP) is 9.55. The molecule has 0 unspecified atom stereocenters. The SMILES string of the molecule is [2H]C([2H])([2H])c1ccc(N2c3cccc4c3B(c3oc5ccccc5c32)c2cccc3c5ccc6c(c7ccccc7n6-c6ccccc6)c5n-4c23)cc1. The molecule has 0 amide bonds. The number of aryl methyl sites for hydroxylation is 1. The Balaban J connectivity index is 1.24. The van der Waals surface area contributed by atoms with Crippen molar-refractivity contribution in [1.29, 1.82) is 0 Å². The van der Waals surface area contributed by atoms with Crippen LogP contribution >= 0.6 is 0 Å². The lowest BCUT2D eigenvalue weighted by atomic mass is 9.36. The molecule has 0 saturated heterocycles. The van der Waals surface area contributed by atoms with Crippen LogP contribution in [0.15, 0.2) is 156 Å². The maximum absolute atomic E-state index is 8.03. The molecule has 0 atom stereocenters. The van der Waals surface area contributed by atoms with Crippen molar-refractivity contribution < 1.29 is 8.53 Å². The van der Waals surface area contributed by atoms with Gasteiger partial charge < -0.3 is 18.5 Å². The van der Waals surface area contributed by atoms with E-state index < -0.39 is 6.85 Å². The number of nitrogens with zero attached hydrogens (tertiary/aromatic N) is 3. The molecule has 12 rings (SSSR count). The van der Waals surface area contributed by atoms with Gasteiger partial charge in [0.05, 0.1) is 27.9 Å². The van der Waals surface area contributed by atoms with Gasteiger partial charge in [-0.25, -0.2) is 0 Å². The van der Waals surface area contributed by atoms with E-state index in [0.717, 1.165) is 50.6 Å². The molecule has 0 saturated carbocycles. The van der Waals surface area contributed by atoms with E-state index in [0.29, 0.717) is 5.56 Å². The van der Waals surface area contributed by atoms with Crippen molar-refractivity contribution >= 4 is 94.9 Å². The minimum absolute atomic E-state index is 0.150. The Morgan fingerprint density at radius 2 is 1.28 bits per heavy atom. The van der Waals surface area contributed by atoms with Gasteiger partial charge in [-0.3, -0.25) is 0 Å². The van der Waals surface area contributed by atoms with Crippen molar-refractivity contribution in [2.45, 2.75) is 6.85 Å². The standard InChI is InChI=1S/C45H28BN3O/c1-27-21-23-29(24-22-27)48-37-18-10-19-38-41(37)46(45-44(48)33-14-6-8-20-39(33)50-45)34-16-9-15-30-31-25-26-36-40(43(31)49(38)42(30)34)32-13-5-7-17-35(32)47(36)28-11-3-2-4-12-28/h2-26H,1H3/i1D3. The number of anilines is 3. The molecule has 0 spiro atoms. The highest BCUT2D eigenvalue weighted by Gasteiger charge is 2.45. The zero-order chi connectivity index (χ0) is 35.2. The van der Waals surface area contributed by atoms with Gasteiger partial charge in [-0.1, -0.05) is 96.6 Å². The minimum Gasteiger partial charge on any atom is -0.468 e. The fourth-order valence-corrected chi connectivity index (χ4v) is 9.09. The van der Waals surface area contributed by atoms with Crippen LogP contribution in [-0.2, 0) is 0 Å². The molecule has 0 fully saturated rings. The predicted molar refractivity (Wildman–Crippen MR) is 209 cm³/mol. The van der Waals surface area contributed by atoms with Gasteiger partial charge in [0.1, 0.15) is 5.58 Å². The Morgan fingerprint density at radius 1 is 0.540 bits per heavy atom. The van der Waals surface area contributed by atoms with Crippen LogP contribution in [0.2, 0.25) is 0 Å². The van der Waals surface area contributed by atoms with Crippen molar-refractivity contribution in [3.8, 4) is 11.4 Å². The minimum atomic E-state index is -2.19. The third kappa shape index (κ3) is 3.18. The molecular weight excluding hydrogens is 609 g/mol. The largest absolute Gasteiger partial charge is 0.468 e. The number of aromatic nitrogens is 2.